The van der Waals surface area contributed by atoms with Crippen molar-refractivity contribution in [2.75, 3.05) is 13.3 Å². The van der Waals surface area contributed by atoms with Crippen LogP contribution in [0.1, 0.15) is 45.4 Å². The first-order valence-electron chi connectivity index (χ1n) is 5.01. The van der Waals surface area contributed by atoms with Gasteiger partial charge in [0.05, 0.1) is 6.61 Å². The average molecular weight is 274 g/mol. The van der Waals surface area contributed by atoms with Gasteiger partial charge in [-0.2, -0.15) is 0 Å². The second kappa shape index (κ2) is 10.3. The molecule has 0 saturated carbocycles. The fourth-order valence-corrected chi connectivity index (χ4v) is 1.58. The molecule has 82 valence electrons. The van der Waals surface area contributed by atoms with Gasteiger partial charge in [-0.15, -0.1) is 0 Å². The Balaban J connectivity index is 0. The molecule has 0 rings (SSSR count). The summed E-state index contributed by atoms with van der Waals surface area (Å²) < 4.78 is 15.4. The summed E-state index contributed by atoms with van der Waals surface area (Å²) in [5.41, 5.74) is 0. The number of unbranched alkanes of at least 4 members (excludes halogenated alkanes) is 5. The van der Waals surface area contributed by atoms with E-state index in [1.54, 1.807) is 0 Å². The van der Waals surface area contributed by atoms with Gasteiger partial charge in [-0.25, -0.2) is 0 Å². The molecule has 0 aromatic heterocycles. The van der Waals surface area contributed by atoms with Crippen LogP contribution in [0.15, 0.2) is 0 Å². The van der Waals surface area contributed by atoms with Crippen molar-refractivity contribution in [1.29, 1.82) is 0 Å². The van der Waals surface area contributed by atoms with E-state index < -0.39 is 7.60 Å². The van der Waals surface area contributed by atoms with E-state index in [2.05, 4.69) is 6.92 Å². The van der Waals surface area contributed by atoms with Crippen molar-refractivity contribution >= 4 is 7.60 Å². The number of rotatable bonds is 8. The molecule has 0 amide bonds. The van der Waals surface area contributed by atoms with Gasteiger partial charge >= 0.3 is 7.60 Å². The quantitative estimate of drug-likeness (QED) is 0.420. The zero-order chi connectivity index (χ0) is 10.2. The minimum absolute atomic E-state index is 0. The zero-order valence-corrected chi connectivity index (χ0v) is 13.2. The van der Waals surface area contributed by atoms with E-state index in [0.717, 1.165) is 12.8 Å². The monoisotopic (exact) mass is 272 g/mol. The van der Waals surface area contributed by atoms with Crippen molar-refractivity contribution in [3.8, 4) is 0 Å². The summed E-state index contributed by atoms with van der Waals surface area (Å²) in [6.45, 7) is 3.82. The predicted molar refractivity (Wildman–Crippen MR) is 55.1 cm³/mol. The molecule has 0 aliphatic rings. The Morgan fingerprint density at radius 3 is 2.14 bits per heavy atom. The first kappa shape index (κ1) is 17.2. The fraction of sp³-hybridized carbons (Fsp3) is 1.00. The molecule has 3 nitrogen and oxygen atoms in total. The van der Waals surface area contributed by atoms with Crippen molar-refractivity contribution in [3.63, 3.8) is 0 Å². The molecular formula is C9H21O3PZn. The Kier molecular flexibility index (Phi) is 12.6. The van der Waals surface area contributed by atoms with Crippen molar-refractivity contribution in [2.45, 2.75) is 45.4 Å². The standard InChI is InChI=1S/C9H21O3P.Zn/c1-3-4-5-6-7-8-9-12-13(2,10)11;/h3-9H2,1-2H3,(H,10,11);. The van der Waals surface area contributed by atoms with Crippen molar-refractivity contribution in [1.82, 2.24) is 0 Å². The van der Waals surface area contributed by atoms with Gasteiger partial charge < -0.3 is 9.42 Å². The molecule has 0 spiro atoms. The van der Waals surface area contributed by atoms with E-state index in [1.165, 1.54) is 32.3 Å². The Bertz CT molecular complexity index is 158. The van der Waals surface area contributed by atoms with Gasteiger partial charge in [0.1, 0.15) is 0 Å². The topological polar surface area (TPSA) is 46.5 Å². The van der Waals surface area contributed by atoms with Gasteiger partial charge in [0, 0.05) is 26.1 Å². The van der Waals surface area contributed by atoms with Crippen LogP contribution in [0.5, 0.6) is 0 Å². The van der Waals surface area contributed by atoms with E-state index in [1.807, 2.05) is 0 Å². The first-order chi connectivity index (χ1) is 6.06. The van der Waals surface area contributed by atoms with Crippen molar-refractivity contribution < 1.29 is 33.5 Å². The third-order valence-corrected chi connectivity index (χ3v) is 2.49. The molecule has 0 aliphatic heterocycles. The van der Waals surface area contributed by atoms with Crippen LogP contribution in [0, 0.1) is 0 Å². The van der Waals surface area contributed by atoms with Crippen molar-refractivity contribution in [2.24, 2.45) is 0 Å². The predicted octanol–water partition coefficient (Wildman–Crippen LogP) is 3.18. The van der Waals surface area contributed by atoms with E-state index >= 15 is 0 Å². The van der Waals surface area contributed by atoms with Crippen molar-refractivity contribution in [3.05, 3.63) is 0 Å². The zero-order valence-electron chi connectivity index (χ0n) is 9.37. The molecule has 1 unspecified atom stereocenters. The van der Waals surface area contributed by atoms with Crippen LogP contribution in [0.25, 0.3) is 0 Å². The van der Waals surface area contributed by atoms with Crippen LogP contribution < -0.4 is 0 Å². The van der Waals surface area contributed by atoms with Gasteiger partial charge in [-0.3, -0.25) is 4.57 Å². The molecule has 0 fully saturated rings. The summed E-state index contributed by atoms with van der Waals surface area (Å²) in [6, 6.07) is 0. The summed E-state index contributed by atoms with van der Waals surface area (Å²) in [5, 5.41) is 0. The minimum atomic E-state index is -3.23. The van der Waals surface area contributed by atoms with Crippen LogP contribution in [-0.4, -0.2) is 18.2 Å². The number of hydrogen-bond donors (Lipinski definition) is 1. The molecule has 0 bridgehead atoms. The molecule has 1 N–H and O–H groups in total. The average Bonchev–Trinajstić information content (AvgIpc) is 2.01. The third-order valence-electron chi connectivity index (χ3n) is 1.83. The molecule has 0 aromatic carbocycles. The van der Waals surface area contributed by atoms with Gasteiger partial charge in [-0.1, -0.05) is 39.0 Å². The first-order valence-corrected chi connectivity index (χ1v) is 7.03. The van der Waals surface area contributed by atoms with Crippen LogP contribution in [0.3, 0.4) is 0 Å². The van der Waals surface area contributed by atoms with Gasteiger partial charge in [-0.05, 0) is 6.42 Å². The SMILES string of the molecule is CCCCCCCCOP(C)(=O)O.[Zn]. The van der Waals surface area contributed by atoms with E-state index in [4.69, 9.17) is 9.42 Å². The Labute approximate surface area is 99.9 Å². The second-order valence-corrected chi connectivity index (χ2v) is 5.27. The molecule has 0 aliphatic carbocycles. The summed E-state index contributed by atoms with van der Waals surface area (Å²) in [7, 11) is -3.23. The van der Waals surface area contributed by atoms with Crippen LogP contribution in [0.4, 0.5) is 0 Å². The number of hydrogen-bond acceptors (Lipinski definition) is 2. The molecular weight excluding hydrogens is 252 g/mol. The summed E-state index contributed by atoms with van der Waals surface area (Å²) >= 11 is 0. The molecule has 0 heterocycles. The fourth-order valence-electron chi connectivity index (χ4n) is 1.12. The van der Waals surface area contributed by atoms with E-state index in [0.29, 0.717) is 6.61 Å². The summed E-state index contributed by atoms with van der Waals surface area (Å²) in [5.74, 6) is 0. The van der Waals surface area contributed by atoms with Gasteiger partial charge in [0.2, 0.25) is 0 Å². The third kappa shape index (κ3) is 15.3. The molecule has 5 heteroatoms. The summed E-state index contributed by atoms with van der Waals surface area (Å²) in [4.78, 5) is 8.79. The molecule has 0 radical (unpaired) electrons. The van der Waals surface area contributed by atoms with Gasteiger partial charge in [0.25, 0.3) is 0 Å². The Morgan fingerprint density at radius 2 is 1.64 bits per heavy atom. The van der Waals surface area contributed by atoms with Crippen LogP contribution in [-0.2, 0) is 28.6 Å². The Morgan fingerprint density at radius 1 is 1.14 bits per heavy atom. The molecule has 14 heavy (non-hydrogen) atoms. The normalized spacial score (nSPS) is 14.5. The largest absolute Gasteiger partial charge is 0.325 e. The maximum absolute atomic E-state index is 10.7. The van der Waals surface area contributed by atoms with E-state index in [9.17, 15) is 4.57 Å². The van der Waals surface area contributed by atoms with Crippen LogP contribution >= 0.6 is 7.60 Å². The van der Waals surface area contributed by atoms with Crippen LogP contribution in [0.2, 0.25) is 0 Å². The maximum atomic E-state index is 10.7. The maximum Gasteiger partial charge on any atom is 0.325 e. The minimum Gasteiger partial charge on any atom is -0.324 e. The molecule has 1 atom stereocenters. The summed E-state index contributed by atoms with van der Waals surface area (Å²) in [6.07, 6.45) is 6.99. The molecule has 0 aromatic rings. The molecule has 0 saturated heterocycles. The second-order valence-electron chi connectivity index (χ2n) is 3.40. The smallest absolute Gasteiger partial charge is 0.324 e. The Hall–Kier alpha value is 0.773. The van der Waals surface area contributed by atoms with Gasteiger partial charge in [0.15, 0.2) is 0 Å². The van der Waals surface area contributed by atoms with E-state index in [-0.39, 0.29) is 19.5 Å².